The van der Waals surface area contributed by atoms with Gasteiger partial charge in [-0.15, -0.1) is 11.3 Å². The summed E-state index contributed by atoms with van der Waals surface area (Å²) in [6.07, 6.45) is 6.94. The lowest BCUT2D eigenvalue weighted by atomic mass is 9.83. The van der Waals surface area contributed by atoms with Gasteiger partial charge in [0, 0.05) is 23.6 Å². The SMILES string of the molecule is C=C/C(O)=C\C(=C)CCC(=O)Nc1sc2c(c1C#N)CCC(C(=O)CCC)C2. The molecule has 0 saturated heterocycles. The van der Waals surface area contributed by atoms with Crippen LogP contribution in [0.15, 0.2) is 36.6 Å². The number of thiophene rings is 1. The molecule has 1 atom stereocenters. The zero-order valence-electron chi connectivity index (χ0n) is 16.2. The van der Waals surface area contributed by atoms with Gasteiger partial charge in [-0.3, -0.25) is 9.59 Å². The highest BCUT2D eigenvalue weighted by Gasteiger charge is 2.29. The Morgan fingerprint density at radius 2 is 2.14 bits per heavy atom. The first-order chi connectivity index (χ1) is 13.4. The van der Waals surface area contributed by atoms with E-state index in [1.165, 1.54) is 23.5 Å². The molecule has 28 heavy (non-hydrogen) atoms. The molecular weight excluding hydrogens is 372 g/mol. The monoisotopic (exact) mass is 398 g/mol. The molecule has 148 valence electrons. The van der Waals surface area contributed by atoms with Crippen molar-refractivity contribution in [3.05, 3.63) is 52.6 Å². The maximum absolute atomic E-state index is 12.3. The van der Waals surface area contributed by atoms with Crippen LogP contribution in [0, 0.1) is 17.2 Å². The van der Waals surface area contributed by atoms with Crippen LogP contribution >= 0.6 is 11.3 Å². The highest BCUT2D eigenvalue weighted by Crippen LogP contribution is 2.39. The molecule has 5 nitrogen and oxygen atoms in total. The van der Waals surface area contributed by atoms with Gasteiger partial charge in [-0.2, -0.15) is 5.26 Å². The summed E-state index contributed by atoms with van der Waals surface area (Å²) < 4.78 is 0. The van der Waals surface area contributed by atoms with Crippen LogP contribution < -0.4 is 5.32 Å². The molecule has 1 unspecified atom stereocenters. The first-order valence-electron chi connectivity index (χ1n) is 9.47. The van der Waals surface area contributed by atoms with Crippen molar-refractivity contribution in [1.82, 2.24) is 0 Å². The van der Waals surface area contributed by atoms with Crippen LogP contribution in [0.1, 0.15) is 55.0 Å². The quantitative estimate of drug-likeness (QED) is 0.452. The van der Waals surface area contributed by atoms with Crippen molar-refractivity contribution in [1.29, 1.82) is 5.26 Å². The molecule has 1 aromatic rings. The molecule has 1 aromatic heterocycles. The Morgan fingerprint density at radius 1 is 1.39 bits per heavy atom. The largest absolute Gasteiger partial charge is 0.508 e. The molecule has 0 bridgehead atoms. The number of nitrogens with zero attached hydrogens (tertiary/aromatic N) is 1. The zero-order valence-corrected chi connectivity index (χ0v) is 17.0. The number of hydrogen-bond acceptors (Lipinski definition) is 5. The van der Waals surface area contributed by atoms with E-state index in [9.17, 15) is 20.0 Å². The third-order valence-electron chi connectivity index (χ3n) is 4.82. The molecule has 2 N–H and O–H groups in total. The van der Waals surface area contributed by atoms with Gasteiger partial charge in [-0.05, 0) is 49.8 Å². The van der Waals surface area contributed by atoms with Gasteiger partial charge >= 0.3 is 0 Å². The summed E-state index contributed by atoms with van der Waals surface area (Å²) in [6.45, 7) is 9.26. The normalized spacial score (nSPS) is 16.0. The molecule has 1 aliphatic rings. The van der Waals surface area contributed by atoms with Crippen LogP contribution in [0.25, 0.3) is 0 Å². The minimum absolute atomic E-state index is 0.00952. The number of nitriles is 1. The summed E-state index contributed by atoms with van der Waals surface area (Å²) >= 11 is 1.41. The number of hydrogen-bond donors (Lipinski definition) is 2. The lowest BCUT2D eigenvalue weighted by Crippen LogP contribution is -2.21. The van der Waals surface area contributed by atoms with Crippen LogP contribution in [0.2, 0.25) is 0 Å². The summed E-state index contributed by atoms with van der Waals surface area (Å²) in [6, 6.07) is 2.22. The molecule has 1 aliphatic carbocycles. The Balaban J connectivity index is 2.04. The molecule has 1 heterocycles. The molecule has 0 radical (unpaired) electrons. The molecule has 0 spiro atoms. The Hall–Kier alpha value is -2.65. The third kappa shape index (κ3) is 5.43. The van der Waals surface area contributed by atoms with Crippen molar-refractivity contribution < 1.29 is 14.7 Å². The van der Waals surface area contributed by atoms with E-state index >= 15 is 0 Å². The smallest absolute Gasteiger partial charge is 0.225 e. The van der Waals surface area contributed by atoms with Gasteiger partial charge in [0.15, 0.2) is 0 Å². The Labute approximate surface area is 170 Å². The number of aliphatic hydroxyl groups is 1. The van der Waals surface area contributed by atoms with E-state index in [4.69, 9.17) is 0 Å². The van der Waals surface area contributed by atoms with Crippen LogP contribution in [-0.4, -0.2) is 16.8 Å². The van der Waals surface area contributed by atoms with Gasteiger partial charge in [0.05, 0.1) is 5.56 Å². The number of anilines is 1. The van der Waals surface area contributed by atoms with E-state index in [0.717, 1.165) is 23.3 Å². The second-order valence-electron chi connectivity index (χ2n) is 6.96. The van der Waals surface area contributed by atoms with Crippen molar-refractivity contribution >= 4 is 28.0 Å². The van der Waals surface area contributed by atoms with E-state index in [1.807, 2.05) is 6.92 Å². The molecule has 0 aliphatic heterocycles. The fourth-order valence-electron chi connectivity index (χ4n) is 3.32. The van der Waals surface area contributed by atoms with Crippen LogP contribution in [-0.2, 0) is 22.4 Å². The number of amides is 1. The van der Waals surface area contributed by atoms with E-state index in [2.05, 4.69) is 24.5 Å². The van der Waals surface area contributed by atoms with E-state index in [1.54, 1.807) is 0 Å². The first-order valence-corrected chi connectivity index (χ1v) is 10.3. The van der Waals surface area contributed by atoms with Crippen molar-refractivity contribution in [2.24, 2.45) is 5.92 Å². The van der Waals surface area contributed by atoms with Gasteiger partial charge in [-0.1, -0.05) is 25.7 Å². The number of aliphatic hydroxyl groups excluding tert-OH is 1. The molecule has 0 fully saturated rings. The van der Waals surface area contributed by atoms with Crippen molar-refractivity contribution in [3.8, 4) is 6.07 Å². The number of rotatable bonds is 9. The summed E-state index contributed by atoms with van der Waals surface area (Å²) in [5, 5.41) is 22.4. The predicted molar refractivity (Wildman–Crippen MR) is 112 cm³/mol. The number of allylic oxidation sites excluding steroid dienone is 3. The van der Waals surface area contributed by atoms with Crippen molar-refractivity contribution in [2.75, 3.05) is 5.32 Å². The molecule has 2 rings (SSSR count). The van der Waals surface area contributed by atoms with Gasteiger partial charge in [0.2, 0.25) is 5.91 Å². The van der Waals surface area contributed by atoms with Crippen LogP contribution in [0.5, 0.6) is 0 Å². The fraction of sp³-hybridized carbons (Fsp3) is 0.409. The molecular formula is C22H26N2O3S. The number of carbonyl (C=O) groups excluding carboxylic acids is 2. The van der Waals surface area contributed by atoms with Gasteiger partial charge in [0.1, 0.15) is 22.6 Å². The molecule has 0 aromatic carbocycles. The van der Waals surface area contributed by atoms with Crippen molar-refractivity contribution in [3.63, 3.8) is 0 Å². The minimum atomic E-state index is -0.207. The van der Waals surface area contributed by atoms with Gasteiger partial charge < -0.3 is 10.4 Å². The Bertz CT molecular complexity index is 858. The summed E-state index contributed by atoms with van der Waals surface area (Å²) in [5.41, 5.74) is 2.13. The Morgan fingerprint density at radius 3 is 2.79 bits per heavy atom. The third-order valence-corrected chi connectivity index (χ3v) is 5.99. The maximum Gasteiger partial charge on any atom is 0.225 e. The highest BCUT2D eigenvalue weighted by atomic mass is 32.1. The fourth-order valence-corrected chi connectivity index (χ4v) is 4.62. The number of nitrogens with one attached hydrogen (secondary N) is 1. The average molecular weight is 399 g/mol. The second kappa shape index (κ2) is 10.0. The van der Waals surface area contributed by atoms with E-state index in [-0.39, 0.29) is 24.0 Å². The van der Waals surface area contributed by atoms with Crippen molar-refractivity contribution in [2.45, 2.75) is 51.9 Å². The minimum Gasteiger partial charge on any atom is -0.508 e. The van der Waals surface area contributed by atoms with Crippen LogP contribution in [0.4, 0.5) is 5.00 Å². The average Bonchev–Trinajstić information content (AvgIpc) is 3.02. The molecule has 6 heteroatoms. The lowest BCUT2D eigenvalue weighted by molar-refractivity contribution is -0.123. The summed E-state index contributed by atoms with van der Waals surface area (Å²) in [4.78, 5) is 25.6. The van der Waals surface area contributed by atoms with Crippen LogP contribution in [0.3, 0.4) is 0 Å². The number of carbonyl (C=O) groups is 2. The standard InChI is InChI=1S/C22H26N2O3S/c1-4-6-19(26)15-8-9-17-18(13-23)22(28-20(17)12-15)24-21(27)10-7-14(3)11-16(25)5-2/h5,11,15,25H,2-4,6-10,12H2,1H3,(H,24,27)/b16-11+. The van der Waals surface area contributed by atoms with E-state index < -0.39 is 0 Å². The Kier molecular flexibility index (Phi) is 7.77. The lowest BCUT2D eigenvalue weighted by Gasteiger charge is -2.20. The number of fused-ring (bicyclic) bond motifs is 1. The summed E-state index contributed by atoms with van der Waals surface area (Å²) in [5.74, 6) is 0.116. The first kappa shape index (κ1) is 21.6. The molecule has 0 saturated carbocycles. The second-order valence-corrected chi connectivity index (χ2v) is 8.06. The summed E-state index contributed by atoms with van der Waals surface area (Å²) in [7, 11) is 0. The topological polar surface area (TPSA) is 90.2 Å². The van der Waals surface area contributed by atoms with E-state index in [0.29, 0.717) is 47.6 Å². The highest BCUT2D eigenvalue weighted by molar-refractivity contribution is 7.16. The number of ketones is 1. The van der Waals surface area contributed by atoms with Gasteiger partial charge in [0.25, 0.3) is 0 Å². The predicted octanol–water partition coefficient (Wildman–Crippen LogP) is 5.00. The molecule has 1 amide bonds. The number of Topliss-reactive ketones (excluding diaryl/α,β-unsaturated/α-hetero) is 1. The van der Waals surface area contributed by atoms with Gasteiger partial charge in [-0.25, -0.2) is 0 Å². The maximum atomic E-state index is 12.3. The zero-order chi connectivity index (χ0) is 20.7.